The maximum atomic E-state index is 13.6. The second-order valence-corrected chi connectivity index (χ2v) is 5.21. The largest absolute Gasteiger partial charge is 0.468 e. The van der Waals surface area contributed by atoms with Gasteiger partial charge in [-0.15, -0.1) is 0 Å². The molecule has 0 spiro atoms. The number of hydrogen-bond donors (Lipinski definition) is 2. The predicted molar refractivity (Wildman–Crippen MR) is 77.9 cm³/mol. The van der Waals surface area contributed by atoms with Crippen molar-refractivity contribution in [2.24, 2.45) is 0 Å². The molecule has 1 amide bonds. The van der Waals surface area contributed by atoms with Gasteiger partial charge in [0.2, 0.25) is 5.91 Å². The van der Waals surface area contributed by atoms with E-state index in [1.54, 1.807) is 18.4 Å². The third kappa shape index (κ3) is 3.91. The first-order valence-electron chi connectivity index (χ1n) is 6.08. The molecule has 0 radical (unpaired) electrons. The van der Waals surface area contributed by atoms with E-state index in [2.05, 4.69) is 26.6 Å². The van der Waals surface area contributed by atoms with Crippen LogP contribution in [0.25, 0.3) is 0 Å². The minimum Gasteiger partial charge on any atom is -0.468 e. The zero-order chi connectivity index (χ0) is 14.5. The summed E-state index contributed by atoms with van der Waals surface area (Å²) < 4.78 is 19.4. The minimum absolute atomic E-state index is 0.0668. The molecule has 0 unspecified atom stereocenters. The second kappa shape index (κ2) is 6.67. The monoisotopic (exact) mass is 340 g/mol. The van der Waals surface area contributed by atoms with Crippen LogP contribution in [0.1, 0.15) is 18.7 Å². The molecule has 0 fully saturated rings. The summed E-state index contributed by atoms with van der Waals surface area (Å²) in [6, 6.07) is 7.99. The smallest absolute Gasteiger partial charge is 0.238 e. The molecule has 0 saturated heterocycles. The van der Waals surface area contributed by atoms with Gasteiger partial charge in [0.15, 0.2) is 0 Å². The second-order valence-electron chi connectivity index (χ2n) is 4.29. The van der Waals surface area contributed by atoms with Gasteiger partial charge in [-0.1, -0.05) is 15.9 Å². The fraction of sp³-hybridized carbons (Fsp3) is 0.214. The number of halogens is 2. The quantitative estimate of drug-likeness (QED) is 0.876. The van der Waals surface area contributed by atoms with Gasteiger partial charge in [0.25, 0.3) is 0 Å². The highest BCUT2D eigenvalue weighted by Gasteiger charge is 2.11. The molecule has 0 aliphatic rings. The van der Waals surface area contributed by atoms with E-state index >= 15 is 0 Å². The van der Waals surface area contributed by atoms with Gasteiger partial charge in [-0.3, -0.25) is 10.1 Å². The fourth-order valence-electron chi connectivity index (χ4n) is 1.67. The van der Waals surface area contributed by atoms with E-state index in [0.29, 0.717) is 4.47 Å². The van der Waals surface area contributed by atoms with Gasteiger partial charge in [-0.2, -0.15) is 0 Å². The van der Waals surface area contributed by atoms with Crippen molar-refractivity contribution in [3.8, 4) is 0 Å². The van der Waals surface area contributed by atoms with Crippen molar-refractivity contribution in [2.45, 2.75) is 13.0 Å². The Morgan fingerprint density at radius 1 is 1.45 bits per heavy atom. The van der Waals surface area contributed by atoms with Gasteiger partial charge in [0, 0.05) is 4.47 Å². The third-order valence-electron chi connectivity index (χ3n) is 2.74. The number of carbonyl (C=O) groups excluding carboxylic acids is 1. The molecule has 0 saturated carbocycles. The molecule has 1 heterocycles. The molecule has 20 heavy (non-hydrogen) atoms. The summed E-state index contributed by atoms with van der Waals surface area (Å²) in [6.07, 6.45) is 1.57. The highest BCUT2D eigenvalue weighted by molar-refractivity contribution is 9.10. The molecular formula is C14H14BrFN2O2. The van der Waals surface area contributed by atoms with Crippen molar-refractivity contribution in [2.75, 3.05) is 11.9 Å². The molecule has 6 heteroatoms. The van der Waals surface area contributed by atoms with Gasteiger partial charge < -0.3 is 9.73 Å². The Kier molecular flexibility index (Phi) is 4.92. The molecule has 1 atom stereocenters. The lowest BCUT2D eigenvalue weighted by Crippen LogP contribution is -2.30. The summed E-state index contributed by atoms with van der Waals surface area (Å²) in [5, 5.41) is 5.51. The van der Waals surface area contributed by atoms with Crippen molar-refractivity contribution in [1.82, 2.24) is 5.32 Å². The molecule has 4 nitrogen and oxygen atoms in total. The minimum atomic E-state index is -0.480. The van der Waals surface area contributed by atoms with E-state index in [0.717, 1.165) is 5.76 Å². The van der Waals surface area contributed by atoms with Crippen LogP contribution >= 0.6 is 15.9 Å². The van der Waals surface area contributed by atoms with Crippen molar-refractivity contribution in [3.63, 3.8) is 0 Å². The summed E-state index contributed by atoms with van der Waals surface area (Å²) in [6.45, 7) is 1.95. The molecule has 2 rings (SSSR count). The van der Waals surface area contributed by atoms with Crippen molar-refractivity contribution in [1.29, 1.82) is 0 Å². The van der Waals surface area contributed by atoms with Crippen LogP contribution in [-0.4, -0.2) is 12.5 Å². The number of rotatable bonds is 5. The number of benzene rings is 1. The summed E-state index contributed by atoms with van der Waals surface area (Å²) in [5.74, 6) is -0.0518. The van der Waals surface area contributed by atoms with Crippen LogP contribution < -0.4 is 10.6 Å². The topological polar surface area (TPSA) is 54.3 Å². The number of nitrogens with one attached hydrogen (secondary N) is 2. The predicted octanol–water partition coefficient (Wildman–Crippen LogP) is 3.47. The van der Waals surface area contributed by atoms with E-state index in [4.69, 9.17) is 4.42 Å². The number of anilines is 1. The van der Waals surface area contributed by atoms with E-state index in [1.165, 1.54) is 12.1 Å². The normalized spacial score (nSPS) is 12.2. The Hall–Kier alpha value is -1.66. The number of hydrogen-bond acceptors (Lipinski definition) is 3. The molecule has 0 bridgehead atoms. The van der Waals surface area contributed by atoms with E-state index in [-0.39, 0.29) is 24.2 Å². The van der Waals surface area contributed by atoms with Crippen LogP contribution in [0.3, 0.4) is 0 Å². The Bertz CT molecular complexity index is 587. The summed E-state index contributed by atoms with van der Waals surface area (Å²) in [7, 11) is 0. The summed E-state index contributed by atoms with van der Waals surface area (Å²) >= 11 is 3.16. The van der Waals surface area contributed by atoms with Gasteiger partial charge in [0.05, 0.1) is 24.5 Å². The van der Waals surface area contributed by atoms with Gasteiger partial charge >= 0.3 is 0 Å². The number of furan rings is 1. The first-order valence-corrected chi connectivity index (χ1v) is 6.87. The van der Waals surface area contributed by atoms with E-state index in [1.807, 2.05) is 13.0 Å². The first kappa shape index (κ1) is 14.7. The average molecular weight is 341 g/mol. The first-order chi connectivity index (χ1) is 9.56. The third-order valence-corrected chi connectivity index (χ3v) is 3.24. The highest BCUT2D eigenvalue weighted by Crippen LogP contribution is 2.19. The molecular weight excluding hydrogens is 327 g/mol. The van der Waals surface area contributed by atoms with Gasteiger partial charge in [-0.05, 0) is 37.3 Å². The Morgan fingerprint density at radius 2 is 2.25 bits per heavy atom. The van der Waals surface area contributed by atoms with Crippen LogP contribution in [0.2, 0.25) is 0 Å². The SMILES string of the molecule is C[C@@H](NCC(=O)Nc1ccc(Br)cc1F)c1ccco1. The van der Waals surface area contributed by atoms with Crippen molar-refractivity contribution >= 4 is 27.5 Å². The lowest BCUT2D eigenvalue weighted by Gasteiger charge is -2.11. The zero-order valence-electron chi connectivity index (χ0n) is 10.8. The molecule has 1 aromatic heterocycles. The Labute approximate surface area is 124 Å². The summed E-state index contributed by atoms with van der Waals surface area (Å²) in [5.41, 5.74) is 0.158. The zero-order valence-corrected chi connectivity index (χ0v) is 12.4. The molecule has 106 valence electrons. The highest BCUT2D eigenvalue weighted by atomic mass is 79.9. The maximum absolute atomic E-state index is 13.6. The standard InChI is InChI=1S/C14H14BrFN2O2/c1-9(13-3-2-6-20-13)17-8-14(19)18-12-5-4-10(15)7-11(12)16/h2-7,9,17H,8H2,1H3,(H,18,19)/t9-/m1/s1. The van der Waals surface area contributed by atoms with E-state index in [9.17, 15) is 9.18 Å². The fourth-order valence-corrected chi connectivity index (χ4v) is 2.00. The lowest BCUT2D eigenvalue weighted by atomic mass is 10.2. The molecule has 0 aliphatic carbocycles. The summed E-state index contributed by atoms with van der Waals surface area (Å²) in [4.78, 5) is 11.7. The molecule has 2 aromatic rings. The van der Waals surface area contributed by atoms with Gasteiger partial charge in [-0.25, -0.2) is 4.39 Å². The van der Waals surface area contributed by atoms with E-state index < -0.39 is 5.82 Å². The average Bonchev–Trinajstić information content (AvgIpc) is 2.93. The molecule has 0 aliphatic heterocycles. The Morgan fingerprint density at radius 3 is 2.90 bits per heavy atom. The van der Waals surface area contributed by atoms with Crippen molar-refractivity contribution < 1.29 is 13.6 Å². The van der Waals surface area contributed by atoms with Crippen LogP contribution in [0.4, 0.5) is 10.1 Å². The maximum Gasteiger partial charge on any atom is 0.238 e. The number of carbonyl (C=O) groups is 1. The lowest BCUT2D eigenvalue weighted by molar-refractivity contribution is -0.115. The van der Waals surface area contributed by atoms with Crippen LogP contribution in [0.15, 0.2) is 45.5 Å². The van der Waals surface area contributed by atoms with Crippen LogP contribution in [0, 0.1) is 5.82 Å². The van der Waals surface area contributed by atoms with Gasteiger partial charge in [0.1, 0.15) is 11.6 Å². The van der Waals surface area contributed by atoms with Crippen LogP contribution in [0.5, 0.6) is 0 Å². The molecule has 1 aromatic carbocycles. The van der Waals surface area contributed by atoms with Crippen molar-refractivity contribution in [3.05, 3.63) is 52.6 Å². The van der Waals surface area contributed by atoms with Crippen LogP contribution in [-0.2, 0) is 4.79 Å². The number of amides is 1. The Balaban J connectivity index is 1.86. The molecule has 2 N–H and O–H groups in total.